The first kappa shape index (κ1) is 25.2. The zero-order valence-electron chi connectivity index (χ0n) is 21.9. The number of carbonyl (C=O) groups excluding carboxylic acids is 1. The van der Waals surface area contributed by atoms with Crippen molar-refractivity contribution >= 4 is 49.4 Å². The van der Waals surface area contributed by atoms with Crippen LogP contribution in [0.15, 0.2) is 42.6 Å². The van der Waals surface area contributed by atoms with E-state index in [1.165, 1.54) is 16.9 Å². The highest BCUT2D eigenvalue weighted by molar-refractivity contribution is 7.23. The lowest BCUT2D eigenvalue weighted by Gasteiger charge is -2.33. The summed E-state index contributed by atoms with van der Waals surface area (Å²) in [7, 11) is 1.90. The summed E-state index contributed by atoms with van der Waals surface area (Å²) in [5.41, 5.74) is 7.99. The molecule has 0 bridgehead atoms. The van der Waals surface area contributed by atoms with Crippen molar-refractivity contribution in [1.29, 1.82) is 0 Å². The Morgan fingerprint density at radius 2 is 1.92 bits per heavy atom. The largest absolute Gasteiger partial charge is 0.381 e. The van der Waals surface area contributed by atoms with Gasteiger partial charge >= 0.3 is 0 Å². The van der Waals surface area contributed by atoms with Gasteiger partial charge in [-0.15, -0.1) is 16.4 Å². The second kappa shape index (κ2) is 9.91. The Morgan fingerprint density at radius 1 is 1.18 bits per heavy atom. The Kier molecular flexibility index (Phi) is 6.58. The van der Waals surface area contributed by atoms with Crippen LogP contribution in [-0.2, 0) is 11.8 Å². The minimum atomic E-state index is -0.412. The molecule has 0 radical (unpaired) electrons. The van der Waals surface area contributed by atoms with E-state index in [9.17, 15) is 4.79 Å². The van der Waals surface area contributed by atoms with Crippen LogP contribution in [0.5, 0.6) is 0 Å². The number of fused-ring (bicyclic) bond motifs is 3. The number of carbonyl (C=O) groups is 1. The molecular weight excluding hydrogens is 518 g/mol. The highest BCUT2D eigenvalue weighted by Gasteiger charge is 2.34. The van der Waals surface area contributed by atoms with Gasteiger partial charge in [0.05, 0.1) is 38.0 Å². The van der Waals surface area contributed by atoms with Crippen molar-refractivity contribution in [3.63, 3.8) is 0 Å². The minimum Gasteiger partial charge on any atom is -0.381 e. The highest BCUT2D eigenvalue weighted by Crippen LogP contribution is 2.47. The third-order valence-electron chi connectivity index (χ3n) is 7.66. The van der Waals surface area contributed by atoms with E-state index in [1.807, 2.05) is 20.2 Å². The average Bonchev–Trinajstić information content (AvgIpc) is 3.56. The molecule has 5 heterocycles. The maximum atomic E-state index is 12.6. The SMILES string of the molecule is Cc1nnn(C)c1-c1cnc2c3sc(C(=O)Cl)c(C(C)C)c3n([C@H](c3ccccc3)C3CCOCC3)c2c1. The zero-order valence-corrected chi connectivity index (χ0v) is 23.5. The van der Waals surface area contributed by atoms with Crippen LogP contribution in [0.1, 0.15) is 65.1 Å². The number of hydrogen-bond donors (Lipinski definition) is 0. The Balaban J connectivity index is 1.74. The summed E-state index contributed by atoms with van der Waals surface area (Å²) < 4.78 is 11.0. The number of thiophene rings is 1. The maximum Gasteiger partial charge on any atom is 0.262 e. The van der Waals surface area contributed by atoms with Crippen molar-refractivity contribution in [2.24, 2.45) is 13.0 Å². The van der Waals surface area contributed by atoms with Crippen LogP contribution in [0.3, 0.4) is 0 Å². The molecule has 0 saturated carbocycles. The topological polar surface area (TPSA) is 74.8 Å². The van der Waals surface area contributed by atoms with Gasteiger partial charge in [-0.05, 0) is 54.8 Å². The van der Waals surface area contributed by atoms with Gasteiger partial charge in [-0.2, -0.15) is 0 Å². The number of aromatic nitrogens is 5. The van der Waals surface area contributed by atoms with E-state index < -0.39 is 5.24 Å². The quantitative estimate of drug-likeness (QED) is 0.217. The van der Waals surface area contributed by atoms with Crippen molar-refractivity contribution < 1.29 is 9.53 Å². The molecular formula is C29H30ClN5O2S. The molecule has 0 amide bonds. The summed E-state index contributed by atoms with van der Waals surface area (Å²) >= 11 is 7.63. The maximum absolute atomic E-state index is 12.6. The van der Waals surface area contributed by atoms with Crippen molar-refractivity contribution in [2.45, 2.75) is 45.6 Å². The van der Waals surface area contributed by atoms with Gasteiger partial charge in [0, 0.05) is 37.6 Å². The molecule has 0 N–H and O–H groups in total. The van der Waals surface area contributed by atoms with Gasteiger partial charge in [-0.25, -0.2) is 4.68 Å². The lowest BCUT2D eigenvalue weighted by atomic mass is 9.86. The van der Waals surface area contributed by atoms with Crippen molar-refractivity contribution in [3.8, 4) is 11.3 Å². The first-order valence-electron chi connectivity index (χ1n) is 13.0. The van der Waals surface area contributed by atoms with E-state index in [0.717, 1.165) is 69.8 Å². The fourth-order valence-electron chi connectivity index (χ4n) is 6.04. The van der Waals surface area contributed by atoms with Gasteiger partial charge in [-0.1, -0.05) is 49.4 Å². The molecule has 4 aromatic heterocycles. The van der Waals surface area contributed by atoms with E-state index in [4.69, 9.17) is 21.3 Å². The molecule has 38 heavy (non-hydrogen) atoms. The van der Waals surface area contributed by atoms with E-state index in [-0.39, 0.29) is 12.0 Å². The second-order valence-electron chi connectivity index (χ2n) is 10.4. The summed E-state index contributed by atoms with van der Waals surface area (Å²) in [6.45, 7) is 7.70. The van der Waals surface area contributed by atoms with Gasteiger partial charge in [0.1, 0.15) is 5.52 Å². The predicted molar refractivity (Wildman–Crippen MR) is 152 cm³/mol. The Bertz CT molecular complexity index is 1630. The number of rotatable bonds is 6. The van der Waals surface area contributed by atoms with Crippen molar-refractivity contribution in [1.82, 2.24) is 24.5 Å². The predicted octanol–water partition coefficient (Wildman–Crippen LogP) is 6.87. The van der Waals surface area contributed by atoms with Crippen LogP contribution in [0, 0.1) is 12.8 Å². The van der Waals surface area contributed by atoms with Crippen LogP contribution in [0.2, 0.25) is 0 Å². The second-order valence-corrected chi connectivity index (χ2v) is 11.7. The van der Waals surface area contributed by atoms with Gasteiger partial charge in [0.2, 0.25) is 0 Å². The Labute approximate surface area is 230 Å². The summed E-state index contributed by atoms with van der Waals surface area (Å²) in [5, 5.41) is 8.08. The molecule has 1 fully saturated rings. The molecule has 5 aromatic rings. The zero-order chi connectivity index (χ0) is 26.6. The molecule has 1 aliphatic heterocycles. The average molecular weight is 548 g/mol. The fourth-order valence-corrected chi connectivity index (χ4v) is 7.54. The summed E-state index contributed by atoms with van der Waals surface area (Å²) in [6, 6.07) is 12.9. The Hall–Kier alpha value is -3.07. The standard InChI is InChI=1S/C29H30ClN5O2S/c1-16(2)22-26-28(38-27(22)29(30)36)23-21(14-20(15-31-23)24-17(3)32-33-34(24)4)35(26)25(18-8-6-5-7-9-18)19-10-12-37-13-11-19/h5-9,14-16,19,25H,10-13H2,1-4H3/t25-/m1/s1. The number of halogens is 1. The van der Waals surface area contributed by atoms with Gasteiger partial charge in [-0.3, -0.25) is 9.78 Å². The summed E-state index contributed by atoms with van der Waals surface area (Å²) in [4.78, 5) is 18.2. The van der Waals surface area contributed by atoms with E-state index >= 15 is 0 Å². The molecule has 6 rings (SSSR count). The van der Waals surface area contributed by atoms with Crippen LogP contribution in [0.25, 0.3) is 32.5 Å². The summed E-state index contributed by atoms with van der Waals surface area (Å²) in [5.74, 6) is 0.474. The van der Waals surface area contributed by atoms with Gasteiger partial charge < -0.3 is 9.30 Å². The molecule has 9 heteroatoms. The number of benzene rings is 1. The number of ether oxygens (including phenoxy) is 1. The molecule has 0 spiro atoms. The Morgan fingerprint density at radius 3 is 2.55 bits per heavy atom. The number of aryl methyl sites for hydroxylation is 2. The first-order valence-corrected chi connectivity index (χ1v) is 14.2. The van der Waals surface area contributed by atoms with Crippen molar-refractivity contribution in [3.05, 3.63) is 64.3 Å². The highest BCUT2D eigenvalue weighted by atomic mass is 35.5. The molecule has 0 aliphatic carbocycles. The number of pyridine rings is 1. The number of hydrogen-bond acceptors (Lipinski definition) is 6. The molecule has 1 saturated heterocycles. The third kappa shape index (κ3) is 4.06. The van der Waals surface area contributed by atoms with E-state index in [0.29, 0.717) is 10.8 Å². The third-order valence-corrected chi connectivity index (χ3v) is 9.16. The van der Waals surface area contributed by atoms with E-state index in [2.05, 4.69) is 65.1 Å². The number of nitrogens with zero attached hydrogens (tertiary/aromatic N) is 5. The first-order chi connectivity index (χ1) is 18.4. The normalized spacial score (nSPS) is 15.6. The van der Waals surface area contributed by atoms with Gasteiger partial charge in [0.15, 0.2) is 0 Å². The van der Waals surface area contributed by atoms with Crippen LogP contribution in [0.4, 0.5) is 0 Å². The lowest BCUT2D eigenvalue weighted by molar-refractivity contribution is 0.0552. The minimum absolute atomic E-state index is 0.0493. The van der Waals surface area contributed by atoms with Crippen LogP contribution >= 0.6 is 22.9 Å². The summed E-state index contributed by atoms with van der Waals surface area (Å²) in [6.07, 6.45) is 3.81. The monoisotopic (exact) mass is 547 g/mol. The molecule has 1 aliphatic rings. The van der Waals surface area contributed by atoms with Crippen LogP contribution < -0.4 is 0 Å². The van der Waals surface area contributed by atoms with Gasteiger partial charge in [0.25, 0.3) is 5.24 Å². The van der Waals surface area contributed by atoms with E-state index in [1.54, 1.807) is 4.68 Å². The molecule has 7 nitrogen and oxygen atoms in total. The molecule has 1 aromatic carbocycles. The lowest BCUT2D eigenvalue weighted by Crippen LogP contribution is -2.27. The molecule has 1 atom stereocenters. The molecule has 196 valence electrons. The smallest absolute Gasteiger partial charge is 0.262 e. The van der Waals surface area contributed by atoms with Crippen molar-refractivity contribution in [2.75, 3.05) is 13.2 Å². The molecule has 0 unspecified atom stereocenters. The van der Waals surface area contributed by atoms with Crippen LogP contribution in [-0.4, -0.2) is 43.0 Å². The fraction of sp³-hybridized carbons (Fsp3) is 0.379.